The number of carbonyl (C=O) groups is 1. The van der Waals surface area contributed by atoms with Crippen LogP contribution in [0.15, 0.2) is 75.7 Å². The molecule has 1 aromatic heterocycles. The number of hydrogen-bond donors (Lipinski definition) is 0. The van der Waals surface area contributed by atoms with E-state index in [-0.39, 0.29) is 24.3 Å². The van der Waals surface area contributed by atoms with Crippen molar-refractivity contribution in [3.05, 3.63) is 121 Å². The number of allylic oxidation sites excluding steroid dienone is 1. The molecule has 0 bridgehead atoms. The van der Waals surface area contributed by atoms with Crippen molar-refractivity contribution >= 4 is 80.8 Å². The van der Waals surface area contributed by atoms with Gasteiger partial charge in [0.25, 0.3) is 5.56 Å². The lowest BCUT2D eigenvalue weighted by atomic mass is 9.96. The molecule has 0 saturated carbocycles. The molecule has 7 nitrogen and oxygen atoms in total. The lowest BCUT2D eigenvalue weighted by Gasteiger charge is -2.25. The Morgan fingerprint density at radius 3 is 2.56 bits per heavy atom. The third-order valence-corrected chi connectivity index (χ3v) is 9.33. The summed E-state index contributed by atoms with van der Waals surface area (Å²) in [4.78, 5) is 32.3. The SMILES string of the molecule is CCOC(=O)C1=C(C)N=c2s/c(=C\c3cc(I)cc(OC)c3OCc3ccc(Cl)c(Cl)c3)c(=O)n2[C@H]1c1ccccc1Cl. The number of ether oxygens (including phenoxy) is 3. The number of hydrogen-bond acceptors (Lipinski definition) is 7. The van der Waals surface area contributed by atoms with Crippen LogP contribution >= 0.6 is 68.7 Å². The molecule has 0 radical (unpaired) electrons. The number of benzene rings is 3. The number of thiazole rings is 1. The van der Waals surface area contributed by atoms with Crippen LogP contribution in [0.5, 0.6) is 11.5 Å². The third-order valence-electron chi connectivity index (χ3n) is 6.64. The van der Waals surface area contributed by atoms with Crippen LogP contribution in [0.3, 0.4) is 0 Å². The monoisotopic (exact) mass is 768 g/mol. The Morgan fingerprint density at radius 1 is 1.09 bits per heavy atom. The van der Waals surface area contributed by atoms with E-state index >= 15 is 0 Å². The van der Waals surface area contributed by atoms with Gasteiger partial charge in [-0.05, 0) is 84.0 Å². The van der Waals surface area contributed by atoms with Crippen LogP contribution in [-0.2, 0) is 16.1 Å². The minimum absolute atomic E-state index is 0.175. The van der Waals surface area contributed by atoms with E-state index in [1.807, 2.05) is 24.3 Å². The molecule has 2 heterocycles. The summed E-state index contributed by atoms with van der Waals surface area (Å²) in [6.45, 7) is 3.82. The first kappa shape index (κ1) is 31.6. The molecule has 3 aromatic carbocycles. The van der Waals surface area contributed by atoms with E-state index in [0.717, 1.165) is 9.13 Å². The Morgan fingerprint density at radius 2 is 1.86 bits per heavy atom. The van der Waals surface area contributed by atoms with Gasteiger partial charge in [0.15, 0.2) is 16.3 Å². The summed E-state index contributed by atoms with van der Waals surface area (Å²) in [6.07, 6.45) is 1.74. The van der Waals surface area contributed by atoms with Gasteiger partial charge in [-0.1, -0.05) is 70.4 Å². The minimum Gasteiger partial charge on any atom is -0.493 e. The smallest absolute Gasteiger partial charge is 0.338 e. The van der Waals surface area contributed by atoms with Gasteiger partial charge in [-0.3, -0.25) is 9.36 Å². The maximum Gasteiger partial charge on any atom is 0.338 e. The van der Waals surface area contributed by atoms with Gasteiger partial charge in [0.2, 0.25) is 0 Å². The highest BCUT2D eigenvalue weighted by molar-refractivity contribution is 14.1. The minimum atomic E-state index is -0.818. The van der Waals surface area contributed by atoms with Crippen molar-refractivity contribution < 1.29 is 19.0 Å². The van der Waals surface area contributed by atoms with E-state index in [4.69, 9.17) is 49.0 Å². The summed E-state index contributed by atoms with van der Waals surface area (Å²) in [6, 6.07) is 15.3. The van der Waals surface area contributed by atoms with Crippen LogP contribution in [-0.4, -0.2) is 24.3 Å². The van der Waals surface area contributed by atoms with Crippen LogP contribution in [0.4, 0.5) is 0 Å². The van der Waals surface area contributed by atoms with Crippen molar-refractivity contribution in [2.24, 2.45) is 4.99 Å². The number of methoxy groups -OCH3 is 1. The maximum absolute atomic E-state index is 14.1. The lowest BCUT2D eigenvalue weighted by Crippen LogP contribution is -2.40. The number of fused-ring (bicyclic) bond motifs is 1. The highest BCUT2D eigenvalue weighted by Gasteiger charge is 2.34. The molecule has 0 amide bonds. The molecular weight excluding hydrogens is 746 g/mol. The average Bonchev–Trinajstić information content (AvgIpc) is 3.27. The number of rotatable bonds is 8. The Bertz CT molecular complexity index is 1950. The first-order valence-electron chi connectivity index (χ1n) is 13.0. The molecule has 0 fully saturated rings. The van der Waals surface area contributed by atoms with Crippen molar-refractivity contribution in [2.75, 3.05) is 13.7 Å². The van der Waals surface area contributed by atoms with Crippen LogP contribution < -0.4 is 24.4 Å². The van der Waals surface area contributed by atoms with E-state index in [9.17, 15) is 9.59 Å². The summed E-state index contributed by atoms with van der Waals surface area (Å²) in [7, 11) is 1.55. The Labute approximate surface area is 280 Å². The molecule has 5 rings (SSSR count). The van der Waals surface area contributed by atoms with Crippen LogP contribution in [0.2, 0.25) is 15.1 Å². The number of carbonyl (C=O) groups excluding carboxylic acids is 1. The molecule has 0 unspecified atom stereocenters. The number of esters is 1. The normalized spacial score (nSPS) is 14.8. The molecule has 0 aliphatic carbocycles. The van der Waals surface area contributed by atoms with Crippen LogP contribution in [0.1, 0.15) is 36.6 Å². The second-order valence-electron chi connectivity index (χ2n) is 9.39. The molecule has 0 saturated heterocycles. The van der Waals surface area contributed by atoms with E-state index in [2.05, 4.69) is 27.6 Å². The summed E-state index contributed by atoms with van der Waals surface area (Å²) < 4.78 is 20.0. The van der Waals surface area contributed by atoms with Crippen molar-refractivity contribution in [3.8, 4) is 11.5 Å². The maximum atomic E-state index is 14.1. The molecule has 222 valence electrons. The van der Waals surface area contributed by atoms with Gasteiger partial charge in [0.1, 0.15) is 12.6 Å². The topological polar surface area (TPSA) is 79.1 Å². The number of aromatic nitrogens is 1. The molecule has 1 atom stereocenters. The fraction of sp³-hybridized carbons (Fsp3) is 0.194. The molecule has 0 spiro atoms. The predicted molar refractivity (Wildman–Crippen MR) is 178 cm³/mol. The molecule has 0 N–H and O–H groups in total. The number of halogens is 4. The third kappa shape index (κ3) is 6.51. The predicted octanol–water partition coefficient (Wildman–Crippen LogP) is 6.95. The Balaban J connectivity index is 1.67. The average molecular weight is 770 g/mol. The molecule has 1 aliphatic rings. The van der Waals surface area contributed by atoms with E-state index < -0.39 is 12.0 Å². The first-order chi connectivity index (χ1) is 20.6. The van der Waals surface area contributed by atoms with Gasteiger partial charge < -0.3 is 14.2 Å². The van der Waals surface area contributed by atoms with Gasteiger partial charge in [0.05, 0.1) is 39.6 Å². The second kappa shape index (κ2) is 13.4. The lowest BCUT2D eigenvalue weighted by molar-refractivity contribution is -0.139. The largest absolute Gasteiger partial charge is 0.493 e. The van der Waals surface area contributed by atoms with Crippen molar-refractivity contribution in [3.63, 3.8) is 0 Å². The van der Waals surface area contributed by atoms with E-state index in [0.29, 0.717) is 52.7 Å². The summed E-state index contributed by atoms with van der Waals surface area (Å²) in [5.41, 5.74) is 2.41. The zero-order valence-corrected chi connectivity index (χ0v) is 28.4. The Hall–Kier alpha value is -2.83. The summed E-state index contributed by atoms with van der Waals surface area (Å²) in [5.74, 6) is 0.398. The molecule has 4 aromatic rings. The van der Waals surface area contributed by atoms with Gasteiger partial charge in [-0.15, -0.1) is 0 Å². The molecular formula is C31H24Cl3IN2O5S. The summed E-state index contributed by atoms with van der Waals surface area (Å²) >= 11 is 22.3. The standard InChI is InChI=1S/C31H24Cl3IN2O5S/c1-4-41-30(39)26-16(2)36-31-37(27(26)20-7-5-6-8-21(20)32)29(38)25(43-31)13-18-12-19(35)14-24(40-3)28(18)42-15-17-9-10-22(33)23(34)11-17/h5-14,27H,4,15H2,1-3H3/b25-13-/t27-/m0/s1. The molecule has 43 heavy (non-hydrogen) atoms. The quantitative estimate of drug-likeness (QED) is 0.143. The number of nitrogens with zero attached hydrogens (tertiary/aromatic N) is 2. The molecule has 1 aliphatic heterocycles. The summed E-state index contributed by atoms with van der Waals surface area (Å²) in [5, 5.41) is 1.29. The zero-order valence-electron chi connectivity index (χ0n) is 23.1. The van der Waals surface area contributed by atoms with Gasteiger partial charge >= 0.3 is 5.97 Å². The fourth-order valence-corrected chi connectivity index (χ4v) is 6.93. The first-order valence-corrected chi connectivity index (χ1v) is 16.0. The highest BCUT2D eigenvalue weighted by atomic mass is 127. The van der Waals surface area contributed by atoms with E-state index in [1.54, 1.807) is 57.4 Å². The fourth-order valence-electron chi connectivity index (χ4n) is 4.71. The molecule has 12 heteroatoms. The van der Waals surface area contributed by atoms with Crippen molar-refractivity contribution in [1.29, 1.82) is 0 Å². The van der Waals surface area contributed by atoms with Gasteiger partial charge in [-0.25, -0.2) is 9.79 Å². The van der Waals surface area contributed by atoms with Crippen molar-refractivity contribution in [2.45, 2.75) is 26.5 Å². The second-order valence-corrected chi connectivity index (χ2v) is 12.9. The van der Waals surface area contributed by atoms with Crippen molar-refractivity contribution in [1.82, 2.24) is 4.57 Å². The van der Waals surface area contributed by atoms with Crippen LogP contribution in [0.25, 0.3) is 6.08 Å². The van der Waals surface area contributed by atoms with Gasteiger partial charge in [0, 0.05) is 14.2 Å². The van der Waals surface area contributed by atoms with Crippen LogP contribution in [0, 0.1) is 3.57 Å². The van der Waals surface area contributed by atoms with Gasteiger partial charge in [-0.2, -0.15) is 0 Å². The highest BCUT2D eigenvalue weighted by Crippen LogP contribution is 2.36. The Kier molecular flexibility index (Phi) is 9.87. The zero-order chi connectivity index (χ0) is 30.8. The van der Waals surface area contributed by atoms with E-state index in [1.165, 1.54) is 15.9 Å².